The van der Waals surface area contributed by atoms with Gasteiger partial charge in [-0.15, -0.1) is 0 Å². The molecule has 0 spiro atoms. The number of piperidine rings is 1. The summed E-state index contributed by atoms with van der Waals surface area (Å²) in [7, 11) is 0. The molecule has 0 radical (unpaired) electrons. The molecule has 0 aliphatic carbocycles. The van der Waals surface area contributed by atoms with Crippen LogP contribution in [0.3, 0.4) is 0 Å². The van der Waals surface area contributed by atoms with Gasteiger partial charge in [0.2, 0.25) is 5.95 Å². The van der Waals surface area contributed by atoms with Crippen LogP contribution in [0.2, 0.25) is 0 Å². The monoisotopic (exact) mass is 350 g/mol. The third kappa shape index (κ3) is 2.61. The predicted molar refractivity (Wildman–Crippen MR) is 88.8 cm³/mol. The van der Waals surface area contributed by atoms with E-state index in [0.29, 0.717) is 17.1 Å². The van der Waals surface area contributed by atoms with Crippen molar-refractivity contribution in [1.82, 2.24) is 19.5 Å². The first-order valence-corrected chi connectivity index (χ1v) is 8.47. The summed E-state index contributed by atoms with van der Waals surface area (Å²) in [5.74, 6) is 0.825. The normalized spacial score (nSPS) is 30.3. The van der Waals surface area contributed by atoms with Gasteiger partial charge in [0.1, 0.15) is 24.6 Å². The van der Waals surface area contributed by atoms with Crippen molar-refractivity contribution >= 4 is 22.9 Å². The number of aliphatic hydroxyl groups is 3. The number of aliphatic hydroxyl groups excluding tert-OH is 3. The molecule has 10 heteroatoms. The summed E-state index contributed by atoms with van der Waals surface area (Å²) in [6, 6.07) is 0. The minimum Gasteiger partial charge on any atom is -0.394 e. The van der Waals surface area contributed by atoms with Crippen LogP contribution in [0.15, 0.2) is 6.33 Å². The fourth-order valence-corrected chi connectivity index (χ4v) is 3.56. The van der Waals surface area contributed by atoms with Crippen molar-refractivity contribution in [2.24, 2.45) is 0 Å². The Bertz CT molecular complexity index is 762. The molecule has 4 heterocycles. The zero-order valence-electron chi connectivity index (χ0n) is 13.7. The van der Waals surface area contributed by atoms with Gasteiger partial charge in [-0.3, -0.25) is 4.57 Å². The summed E-state index contributed by atoms with van der Waals surface area (Å²) in [6.07, 6.45) is 0.383. The molecular weight excluding hydrogens is 328 g/mol. The Morgan fingerprint density at radius 3 is 2.60 bits per heavy atom. The number of fused-ring (bicyclic) bond motifs is 1. The number of rotatable bonds is 3. The topological polar surface area (TPSA) is 143 Å². The van der Waals surface area contributed by atoms with E-state index < -0.39 is 31.1 Å². The van der Waals surface area contributed by atoms with E-state index in [1.165, 1.54) is 6.33 Å². The SMILES string of the molecule is Nc1ncnc2c1nc(N1CCCCC1)n2[C@@H]1O[C@H](CO)[C@@H](O)[C@@H]1O. The summed E-state index contributed by atoms with van der Waals surface area (Å²) in [4.78, 5) is 14.9. The van der Waals surface area contributed by atoms with E-state index in [9.17, 15) is 15.3 Å². The van der Waals surface area contributed by atoms with Gasteiger partial charge in [-0.05, 0) is 19.3 Å². The largest absolute Gasteiger partial charge is 0.394 e. The zero-order valence-corrected chi connectivity index (χ0v) is 13.7. The number of nitrogens with two attached hydrogens (primary N) is 1. The molecule has 2 aromatic heterocycles. The second-order valence-corrected chi connectivity index (χ2v) is 6.49. The average molecular weight is 350 g/mol. The third-order valence-corrected chi connectivity index (χ3v) is 4.90. The molecule has 2 aromatic rings. The van der Waals surface area contributed by atoms with E-state index in [-0.39, 0.29) is 5.82 Å². The Morgan fingerprint density at radius 1 is 1.16 bits per heavy atom. The van der Waals surface area contributed by atoms with Crippen LogP contribution in [0, 0.1) is 0 Å². The molecule has 0 saturated carbocycles. The standard InChI is InChI=1S/C15H22N6O4/c16-12-9-13(18-7-17-12)21(14-11(24)10(23)8(6-22)25-14)15(19-9)20-4-2-1-3-5-20/h7-8,10-11,14,22-24H,1-6H2,(H2,16,17,18)/t8-,10-,11+,14-/m1/s1. The van der Waals surface area contributed by atoms with Crippen molar-refractivity contribution in [2.75, 3.05) is 30.3 Å². The number of ether oxygens (including phenoxy) is 1. The number of aromatic nitrogens is 4. The minimum atomic E-state index is -1.21. The number of hydrogen-bond donors (Lipinski definition) is 4. The van der Waals surface area contributed by atoms with Crippen LogP contribution in [0.25, 0.3) is 11.2 Å². The summed E-state index contributed by atoms with van der Waals surface area (Å²) >= 11 is 0. The molecule has 0 aromatic carbocycles. The zero-order chi connectivity index (χ0) is 17.6. The van der Waals surface area contributed by atoms with E-state index in [0.717, 1.165) is 32.4 Å². The van der Waals surface area contributed by atoms with Crippen LogP contribution in [0.5, 0.6) is 0 Å². The molecular formula is C15H22N6O4. The molecule has 2 fully saturated rings. The predicted octanol–water partition coefficient (Wildman–Crippen LogP) is -0.990. The lowest BCUT2D eigenvalue weighted by molar-refractivity contribution is -0.0504. The van der Waals surface area contributed by atoms with Crippen molar-refractivity contribution in [3.8, 4) is 0 Å². The third-order valence-electron chi connectivity index (χ3n) is 4.90. The second kappa shape index (κ2) is 6.37. The maximum atomic E-state index is 10.5. The smallest absolute Gasteiger partial charge is 0.210 e. The quantitative estimate of drug-likeness (QED) is 0.548. The molecule has 2 saturated heterocycles. The van der Waals surface area contributed by atoms with Gasteiger partial charge in [0, 0.05) is 13.1 Å². The lowest BCUT2D eigenvalue weighted by atomic mass is 10.1. The Labute approximate surface area is 143 Å². The molecule has 0 amide bonds. The van der Waals surface area contributed by atoms with E-state index in [2.05, 4.69) is 19.9 Å². The Balaban J connectivity index is 1.84. The Morgan fingerprint density at radius 2 is 1.92 bits per heavy atom. The van der Waals surface area contributed by atoms with Crippen LogP contribution in [-0.2, 0) is 4.74 Å². The molecule has 2 aliphatic heterocycles. The number of imidazole rings is 1. The fourth-order valence-electron chi connectivity index (χ4n) is 3.56. The van der Waals surface area contributed by atoms with Gasteiger partial charge in [0.05, 0.1) is 6.61 Å². The van der Waals surface area contributed by atoms with Crippen LogP contribution < -0.4 is 10.6 Å². The lowest BCUT2D eigenvalue weighted by Crippen LogP contribution is -2.35. The molecule has 0 bridgehead atoms. The first-order valence-electron chi connectivity index (χ1n) is 8.47. The number of anilines is 2. The van der Waals surface area contributed by atoms with Crippen LogP contribution in [0.4, 0.5) is 11.8 Å². The van der Waals surface area contributed by atoms with Crippen molar-refractivity contribution in [1.29, 1.82) is 0 Å². The maximum absolute atomic E-state index is 10.5. The van der Waals surface area contributed by atoms with E-state index in [4.69, 9.17) is 10.5 Å². The highest BCUT2D eigenvalue weighted by molar-refractivity contribution is 5.84. The summed E-state index contributed by atoms with van der Waals surface area (Å²) < 4.78 is 7.36. The van der Waals surface area contributed by atoms with Crippen molar-refractivity contribution in [2.45, 2.75) is 43.8 Å². The van der Waals surface area contributed by atoms with Crippen LogP contribution in [-0.4, -0.2) is 72.8 Å². The maximum Gasteiger partial charge on any atom is 0.210 e. The van der Waals surface area contributed by atoms with Crippen LogP contribution >= 0.6 is 0 Å². The summed E-state index contributed by atoms with van der Waals surface area (Å²) in [5.41, 5.74) is 6.81. The van der Waals surface area contributed by atoms with Crippen LogP contribution in [0.1, 0.15) is 25.5 Å². The number of nitrogens with zero attached hydrogens (tertiary/aromatic N) is 5. The van der Waals surface area contributed by atoms with Gasteiger partial charge in [-0.1, -0.05) is 0 Å². The first kappa shape index (κ1) is 16.5. The lowest BCUT2D eigenvalue weighted by Gasteiger charge is -2.30. The number of nitrogen functional groups attached to an aromatic ring is 1. The van der Waals surface area contributed by atoms with E-state index >= 15 is 0 Å². The average Bonchev–Trinajstić information content (AvgIpc) is 3.15. The van der Waals surface area contributed by atoms with E-state index in [1.54, 1.807) is 4.57 Å². The first-order chi connectivity index (χ1) is 12.1. The molecule has 10 nitrogen and oxygen atoms in total. The van der Waals surface area contributed by atoms with Gasteiger partial charge in [0.15, 0.2) is 23.2 Å². The molecule has 136 valence electrons. The van der Waals surface area contributed by atoms with Crippen molar-refractivity contribution in [3.05, 3.63) is 6.33 Å². The molecule has 2 aliphatic rings. The van der Waals surface area contributed by atoms with E-state index in [1.807, 2.05) is 0 Å². The molecule has 0 unspecified atom stereocenters. The van der Waals surface area contributed by atoms with Gasteiger partial charge >= 0.3 is 0 Å². The van der Waals surface area contributed by atoms with Gasteiger partial charge in [-0.2, -0.15) is 0 Å². The fraction of sp³-hybridized carbons (Fsp3) is 0.667. The molecule has 5 N–H and O–H groups in total. The van der Waals surface area contributed by atoms with Crippen molar-refractivity contribution < 1.29 is 20.1 Å². The molecule has 4 rings (SSSR count). The van der Waals surface area contributed by atoms with Gasteiger partial charge in [-0.25, -0.2) is 15.0 Å². The Kier molecular flexibility index (Phi) is 4.20. The summed E-state index contributed by atoms with van der Waals surface area (Å²) in [6.45, 7) is 1.26. The summed E-state index contributed by atoms with van der Waals surface area (Å²) in [5, 5.41) is 29.9. The van der Waals surface area contributed by atoms with Gasteiger partial charge < -0.3 is 30.7 Å². The second-order valence-electron chi connectivity index (χ2n) is 6.49. The highest BCUT2D eigenvalue weighted by Crippen LogP contribution is 2.36. The molecule has 4 atom stereocenters. The Hall–Kier alpha value is -2.01. The highest BCUT2D eigenvalue weighted by atomic mass is 16.6. The highest BCUT2D eigenvalue weighted by Gasteiger charge is 2.45. The minimum absolute atomic E-state index is 0.244. The number of hydrogen-bond acceptors (Lipinski definition) is 9. The molecule has 25 heavy (non-hydrogen) atoms. The van der Waals surface area contributed by atoms with Gasteiger partial charge in [0.25, 0.3) is 0 Å². The van der Waals surface area contributed by atoms with Crippen molar-refractivity contribution in [3.63, 3.8) is 0 Å².